The van der Waals surface area contributed by atoms with E-state index < -0.39 is 39.2 Å². The van der Waals surface area contributed by atoms with Crippen LogP contribution in [0.25, 0.3) is 44.6 Å². The van der Waals surface area contributed by atoms with Gasteiger partial charge in [0, 0.05) is 66.8 Å². The van der Waals surface area contributed by atoms with Gasteiger partial charge in [-0.1, -0.05) is 35.9 Å². The van der Waals surface area contributed by atoms with Gasteiger partial charge in [-0.25, -0.2) is 18.4 Å². The number of hydrogen-bond donors (Lipinski definition) is 3. The number of aromatic nitrogens is 3. The molecule has 2 aliphatic heterocycles. The summed E-state index contributed by atoms with van der Waals surface area (Å²) in [6.45, 7) is 4.84. The number of sulfonamides is 1. The SMILES string of the molecule is Cc1c(Nc2nccc3cc(CN4CC[C@@H](O)C4)cnc23)cccc1-c1cccc(-c2nc3cc4c(c(OC(F)(F)F)c3o2)CC[C@H]4N2CC[C@@H](C(=O)NS(=O)(=O)C3CC3)C2)c1Cl. The quantitative estimate of drug-likeness (QED) is 0.115. The number of amides is 1. The van der Waals surface area contributed by atoms with Crippen molar-refractivity contribution < 1.29 is 40.6 Å². The molecule has 0 bridgehead atoms. The van der Waals surface area contributed by atoms with E-state index in [9.17, 15) is 31.5 Å². The lowest BCUT2D eigenvalue weighted by atomic mass is 9.97. The maximum absolute atomic E-state index is 14.1. The molecule has 1 amide bonds. The highest BCUT2D eigenvalue weighted by molar-refractivity contribution is 7.90. The number of ether oxygens (including phenoxy) is 1. The average Bonchev–Trinajstić information content (AvgIpc) is 3.50. The van der Waals surface area contributed by atoms with E-state index in [4.69, 9.17) is 21.0 Å². The fraction of sp³-hybridized carbons (Fsp3) is 0.378. The Morgan fingerprint density at radius 2 is 1.79 bits per heavy atom. The van der Waals surface area contributed by atoms with Gasteiger partial charge in [-0.3, -0.25) is 24.3 Å². The van der Waals surface area contributed by atoms with Crippen LogP contribution in [0.1, 0.15) is 60.4 Å². The van der Waals surface area contributed by atoms with Gasteiger partial charge in [0.1, 0.15) is 11.0 Å². The van der Waals surface area contributed by atoms with Gasteiger partial charge >= 0.3 is 6.36 Å². The van der Waals surface area contributed by atoms with Crippen LogP contribution in [0.3, 0.4) is 0 Å². The number of benzene rings is 3. The van der Waals surface area contributed by atoms with Crippen molar-refractivity contribution in [3.05, 3.63) is 94.3 Å². The summed E-state index contributed by atoms with van der Waals surface area (Å²) in [5.74, 6) is -1.00. The normalized spacial score (nSPS) is 20.8. The van der Waals surface area contributed by atoms with E-state index in [1.54, 1.807) is 24.4 Å². The molecule has 13 nitrogen and oxygen atoms in total. The van der Waals surface area contributed by atoms with Crippen molar-refractivity contribution in [1.29, 1.82) is 0 Å². The predicted molar refractivity (Wildman–Crippen MR) is 231 cm³/mol. The van der Waals surface area contributed by atoms with E-state index in [-0.39, 0.29) is 47.1 Å². The Hall–Kier alpha value is -5.33. The van der Waals surface area contributed by atoms with Gasteiger partial charge in [0.2, 0.25) is 21.8 Å². The number of oxazole rings is 1. The van der Waals surface area contributed by atoms with Gasteiger partial charge in [-0.05, 0) is 105 Å². The summed E-state index contributed by atoms with van der Waals surface area (Å²) in [5.41, 5.74) is 6.08. The molecule has 1 saturated carbocycles. The number of carbonyl (C=O) groups is 1. The molecule has 0 spiro atoms. The third-order valence-electron chi connectivity index (χ3n) is 12.7. The van der Waals surface area contributed by atoms with E-state index in [1.807, 2.05) is 48.4 Å². The summed E-state index contributed by atoms with van der Waals surface area (Å²) in [4.78, 5) is 31.2. The summed E-state index contributed by atoms with van der Waals surface area (Å²) in [5, 5.41) is 14.1. The van der Waals surface area contributed by atoms with E-state index >= 15 is 0 Å². The van der Waals surface area contributed by atoms with Gasteiger partial charge in [0.05, 0.1) is 27.9 Å². The number of alkyl halides is 3. The van der Waals surface area contributed by atoms with Crippen LogP contribution in [0.4, 0.5) is 24.7 Å². The lowest BCUT2D eigenvalue weighted by Gasteiger charge is -2.25. The van der Waals surface area contributed by atoms with Crippen molar-refractivity contribution in [2.75, 3.05) is 31.5 Å². The van der Waals surface area contributed by atoms with Gasteiger partial charge in [0.15, 0.2) is 17.2 Å². The van der Waals surface area contributed by atoms with E-state index in [1.165, 1.54) is 0 Å². The number of β-amino-alcohol motifs (C(OH)–C–C–N with tert-alkyl or cyclic N) is 1. The van der Waals surface area contributed by atoms with E-state index in [0.717, 1.165) is 40.7 Å². The maximum Gasteiger partial charge on any atom is 0.573 e. The molecule has 6 aromatic rings. The number of carbonyl (C=O) groups excluding carboxylic acids is 1. The molecule has 3 aromatic heterocycles. The third kappa shape index (κ3) is 8.21. The van der Waals surface area contributed by atoms with Crippen molar-refractivity contribution in [1.82, 2.24) is 29.5 Å². The summed E-state index contributed by atoms with van der Waals surface area (Å²) < 4.78 is 80.1. The second-order valence-corrected chi connectivity index (χ2v) is 19.3. The monoisotopic (exact) mass is 901 g/mol. The van der Waals surface area contributed by atoms with Crippen LogP contribution in [0.5, 0.6) is 5.75 Å². The first kappa shape index (κ1) is 41.7. The van der Waals surface area contributed by atoms with Crippen molar-refractivity contribution in [2.24, 2.45) is 5.92 Å². The zero-order valence-corrected chi connectivity index (χ0v) is 35.7. The second kappa shape index (κ2) is 16.0. The molecule has 10 rings (SSSR count). The highest BCUT2D eigenvalue weighted by Gasteiger charge is 2.43. The first-order valence-electron chi connectivity index (χ1n) is 21.0. The first-order chi connectivity index (χ1) is 30.2. The van der Waals surface area contributed by atoms with Crippen LogP contribution >= 0.6 is 11.6 Å². The minimum Gasteiger partial charge on any atom is -0.432 e. The van der Waals surface area contributed by atoms with E-state index in [0.29, 0.717) is 78.9 Å². The molecule has 3 atom stereocenters. The molecule has 3 aromatic carbocycles. The van der Waals surface area contributed by atoms with Crippen molar-refractivity contribution >= 4 is 61.0 Å². The molecular formula is C45H43ClF3N7O6S. The molecule has 0 unspecified atom stereocenters. The fourth-order valence-corrected chi connectivity index (χ4v) is 11.0. The Morgan fingerprint density at radius 1 is 1.00 bits per heavy atom. The van der Waals surface area contributed by atoms with Crippen molar-refractivity contribution in [3.8, 4) is 28.3 Å². The number of likely N-dealkylation sites (tertiary alicyclic amines) is 2. The Morgan fingerprint density at radius 3 is 2.57 bits per heavy atom. The molecule has 18 heteroatoms. The second-order valence-electron chi connectivity index (χ2n) is 17.0. The Bertz CT molecular complexity index is 2910. The van der Waals surface area contributed by atoms with Gasteiger partial charge < -0.3 is 19.6 Å². The number of nitrogens with zero attached hydrogens (tertiary/aromatic N) is 5. The summed E-state index contributed by atoms with van der Waals surface area (Å²) in [6, 6.07) is 16.4. The van der Waals surface area contributed by atoms with Gasteiger partial charge in [0.25, 0.3) is 0 Å². The number of nitrogens with one attached hydrogen (secondary N) is 2. The number of aliphatic hydroxyl groups is 1. The number of halogens is 4. The van der Waals surface area contributed by atoms with E-state index in [2.05, 4.69) is 35.7 Å². The Kier molecular flexibility index (Phi) is 10.6. The summed E-state index contributed by atoms with van der Waals surface area (Å²) in [7, 11) is -3.71. The molecule has 3 N–H and O–H groups in total. The zero-order chi connectivity index (χ0) is 43.8. The lowest BCUT2D eigenvalue weighted by molar-refractivity contribution is -0.274. The molecular weight excluding hydrogens is 859 g/mol. The number of anilines is 2. The van der Waals surface area contributed by atoms with Crippen LogP contribution in [-0.2, 0) is 27.8 Å². The maximum atomic E-state index is 14.1. The van der Waals surface area contributed by atoms with Crippen LogP contribution in [-0.4, -0.2) is 88.1 Å². The molecule has 0 radical (unpaired) electrons. The minimum absolute atomic E-state index is 0.0112. The predicted octanol–water partition coefficient (Wildman–Crippen LogP) is 8.19. The molecule has 63 heavy (non-hydrogen) atoms. The van der Waals surface area contributed by atoms with Crippen LogP contribution in [0, 0.1) is 12.8 Å². The summed E-state index contributed by atoms with van der Waals surface area (Å²) >= 11 is 7.16. The van der Waals surface area contributed by atoms with Crippen molar-refractivity contribution in [2.45, 2.75) is 75.8 Å². The van der Waals surface area contributed by atoms with Crippen LogP contribution in [0.15, 0.2) is 71.4 Å². The molecule has 5 heterocycles. The van der Waals surface area contributed by atoms with Crippen molar-refractivity contribution in [3.63, 3.8) is 0 Å². The molecule has 2 aliphatic carbocycles. The fourth-order valence-electron chi connectivity index (χ4n) is 9.37. The molecule has 328 valence electrons. The molecule has 4 aliphatic rings. The lowest BCUT2D eigenvalue weighted by Crippen LogP contribution is -2.38. The standard InChI is InChI=1S/C45H43ClF3N7O6S/c1-24-30(4-3-7-35(24)52-42-39-26(12-15-50-42)18-25(20-51-39)21-55-16-14-28(57)23-55)31-5-2-6-33(38(31)46)44-53-36-19-34-32(40(41(36)61-44)62-45(47,48)49)10-11-37(34)56-17-13-27(22-56)43(58)54-63(59,60)29-8-9-29/h2-7,12,15,18-20,27-29,37,57H,8-11,13-14,16-17,21-23H2,1H3,(H,50,52)(H,54,58)/t27-,28-,37-/m1/s1. The highest BCUT2D eigenvalue weighted by Crippen LogP contribution is 2.49. The largest absolute Gasteiger partial charge is 0.573 e. The Balaban J connectivity index is 0.933. The highest BCUT2D eigenvalue weighted by atomic mass is 35.5. The third-order valence-corrected chi connectivity index (χ3v) is 14.9. The number of fused-ring (bicyclic) bond motifs is 3. The topological polar surface area (TPSA) is 163 Å². The summed E-state index contributed by atoms with van der Waals surface area (Å²) in [6.07, 6.45) is 1.20. The number of pyridine rings is 2. The van der Waals surface area contributed by atoms with Gasteiger partial charge in [-0.2, -0.15) is 0 Å². The Labute approximate surface area is 365 Å². The smallest absolute Gasteiger partial charge is 0.432 e. The van der Waals surface area contributed by atoms with Crippen LogP contribution < -0.4 is 14.8 Å². The molecule has 2 saturated heterocycles. The van der Waals surface area contributed by atoms with Gasteiger partial charge in [-0.15, -0.1) is 13.2 Å². The average molecular weight is 902 g/mol. The number of rotatable bonds is 11. The number of hydrogen-bond acceptors (Lipinski definition) is 12. The number of aliphatic hydroxyl groups excluding tert-OH is 1. The minimum atomic E-state index is -5.02. The van der Waals surface area contributed by atoms with Crippen LogP contribution in [0.2, 0.25) is 5.02 Å². The zero-order valence-electron chi connectivity index (χ0n) is 34.1. The molecule has 3 fully saturated rings. The first-order valence-corrected chi connectivity index (χ1v) is 22.9.